The first kappa shape index (κ1) is 15.1. The number of carbonyl (C=O) groups is 3. The molecule has 0 unspecified atom stereocenters. The summed E-state index contributed by atoms with van der Waals surface area (Å²) in [6, 6.07) is 7.79. The number of H-pyrrole nitrogens is 1. The fourth-order valence-electron chi connectivity index (χ4n) is 2.43. The maximum absolute atomic E-state index is 12.0. The van der Waals surface area contributed by atoms with E-state index >= 15 is 0 Å². The Morgan fingerprint density at radius 1 is 1.13 bits per heavy atom. The number of aromatic amines is 1. The average molecular weight is 314 g/mol. The van der Waals surface area contributed by atoms with Crippen molar-refractivity contribution in [1.82, 2.24) is 21.2 Å². The van der Waals surface area contributed by atoms with Gasteiger partial charge in [-0.25, -0.2) is 0 Å². The zero-order chi connectivity index (χ0) is 16.4. The first-order valence-corrected chi connectivity index (χ1v) is 7.50. The smallest absolute Gasteiger partial charge is 0.327 e. The molecule has 1 fully saturated rings. The van der Waals surface area contributed by atoms with Crippen LogP contribution in [0.5, 0.6) is 0 Å². The Hall–Kier alpha value is -2.83. The van der Waals surface area contributed by atoms with Gasteiger partial charge in [-0.3, -0.25) is 25.2 Å². The van der Waals surface area contributed by atoms with Gasteiger partial charge in [0.05, 0.1) is 6.42 Å². The number of aromatic nitrogens is 1. The highest BCUT2D eigenvalue weighted by molar-refractivity contribution is 6.35. The van der Waals surface area contributed by atoms with E-state index in [0.29, 0.717) is 0 Å². The molecule has 1 aromatic heterocycles. The van der Waals surface area contributed by atoms with Crippen LogP contribution in [0.4, 0.5) is 0 Å². The van der Waals surface area contributed by atoms with Gasteiger partial charge in [-0.1, -0.05) is 18.2 Å². The fraction of sp³-hybridized carbons (Fsp3) is 0.312. The molecule has 0 atom stereocenters. The molecule has 3 rings (SSSR count). The third kappa shape index (κ3) is 3.50. The summed E-state index contributed by atoms with van der Waals surface area (Å²) in [5.41, 5.74) is 7.14. The number of hydrogen-bond acceptors (Lipinski definition) is 3. The molecule has 0 bridgehead atoms. The third-order valence-electron chi connectivity index (χ3n) is 3.80. The Kier molecular flexibility index (Phi) is 4.01. The van der Waals surface area contributed by atoms with Crippen molar-refractivity contribution in [2.24, 2.45) is 0 Å². The number of para-hydroxylation sites is 1. The predicted molar refractivity (Wildman–Crippen MR) is 84.2 cm³/mol. The highest BCUT2D eigenvalue weighted by Crippen LogP contribution is 2.22. The Labute approximate surface area is 132 Å². The van der Waals surface area contributed by atoms with E-state index in [0.717, 1.165) is 35.0 Å². The standard InChI is InChI=1S/C16H18N4O3/c1-9-12(11-4-2-3-5-13(11)17-9)8-14(21)19-20-16(23)15(22)18-10-6-7-10/h2-5,10,17H,6-8H2,1H3,(H,18,22)(H,19,21)(H,20,23). The minimum Gasteiger partial charge on any atom is -0.358 e. The molecular weight excluding hydrogens is 296 g/mol. The van der Waals surface area contributed by atoms with Crippen LogP contribution >= 0.6 is 0 Å². The molecule has 1 aliphatic carbocycles. The number of nitrogens with one attached hydrogen (secondary N) is 4. The number of benzene rings is 1. The molecule has 1 aliphatic rings. The van der Waals surface area contributed by atoms with Crippen LogP contribution in [0.25, 0.3) is 10.9 Å². The highest BCUT2D eigenvalue weighted by Gasteiger charge is 2.26. The fourth-order valence-corrected chi connectivity index (χ4v) is 2.43. The van der Waals surface area contributed by atoms with E-state index in [-0.39, 0.29) is 18.4 Å². The second kappa shape index (κ2) is 6.12. The van der Waals surface area contributed by atoms with Gasteiger partial charge >= 0.3 is 11.8 Å². The average Bonchev–Trinajstić information content (AvgIpc) is 3.29. The van der Waals surface area contributed by atoms with Gasteiger partial charge in [0.15, 0.2) is 0 Å². The lowest BCUT2D eigenvalue weighted by molar-refractivity contribution is -0.140. The first-order chi connectivity index (χ1) is 11.0. The highest BCUT2D eigenvalue weighted by atomic mass is 16.2. The van der Waals surface area contributed by atoms with E-state index < -0.39 is 11.8 Å². The van der Waals surface area contributed by atoms with Gasteiger partial charge in [-0.05, 0) is 31.4 Å². The van der Waals surface area contributed by atoms with E-state index in [1.54, 1.807) is 0 Å². The Morgan fingerprint density at radius 2 is 1.87 bits per heavy atom. The lowest BCUT2D eigenvalue weighted by atomic mass is 10.1. The molecule has 120 valence electrons. The summed E-state index contributed by atoms with van der Waals surface area (Å²) >= 11 is 0. The molecule has 0 spiro atoms. The largest absolute Gasteiger partial charge is 0.358 e. The molecule has 7 nitrogen and oxygen atoms in total. The minimum absolute atomic E-state index is 0.0952. The normalized spacial score (nSPS) is 13.6. The molecule has 1 saturated carbocycles. The molecule has 0 aliphatic heterocycles. The van der Waals surface area contributed by atoms with Gasteiger partial charge < -0.3 is 10.3 Å². The van der Waals surface area contributed by atoms with Gasteiger partial charge in [-0.2, -0.15) is 0 Å². The van der Waals surface area contributed by atoms with Crippen LogP contribution in [0.15, 0.2) is 24.3 Å². The van der Waals surface area contributed by atoms with Gasteiger partial charge in [0.1, 0.15) is 0 Å². The minimum atomic E-state index is -0.860. The van der Waals surface area contributed by atoms with Crippen molar-refractivity contribution in [2.75, 3.05) is 0 Å². The summed E-state index contributed by atoms with van der Waals surface area (Å²) < 4.78 is 0. The maximum atomic E-state index is 12.0. The molecule has 7 heteroatoms. The van der Waals surface area contributed by atoms with E-state index in [4.69, 9.17) is 0 Å². The lowest BCUT2D eigenvalue weighted by Gasteiger charge is -2.07. The van der Waals surface area contributed by atoms with Gasteiger partial charge in [0.2, 0.25) is 5.91 Å². The number of aryl methyl sites for hydroxylation is 1. The summed E-state index contributed by atoms with van der Waals surface area (Å²) in [5, 5.41) is 3.52. The molecular formula is C16H18N4O3. The third-order valence-corrected chi connectivity index (χ3v) is 3.80. The molecule has 0 saturated heterocycles. The van der Waals surface area contributed by atoms with E-state index in [1.165, 1.54) is 0 Å². The molecule has 1 heterocycles. The second-order valence-corrected chi connectivity index (χ2v) is 5.70. The quantitative estimate of drug-likeness (QED) is 0.488. The van der Waals surface area contributed by atoms with Crippen molar-refractivity contribution >= 4 is 28.6 Å². The van der Waals surface area contributed by atoms with Crippen molar-refractivity contribution in [3.63, 3.8) is 0 Å². The van der Waals surface area contributed by atoms with E-state index in [1.807, 2.05) is 31.2 Å². The summed E-state index contributed by atoms with van der Waals surface area (Å²) in [7, 11) is 0. The van der Waals surface area contributed by atoms with Crippen molar-refractivity contribution in [3.05, 3.63) is 35.5 Å². The van der Waals surface area contributed by atoms with Crippen LogP contribution in [-0.2, 0) is 20.8 Å². The number of fused-ring (bicyclic) bond motifs is 1. The van der Waals surface area contributed by atoms with Crippen LogP contribution in [-0.4, -0.2) is 28.7 Å². The van der Waals surface area contributed by atoms with Crippen molar-refractivity contribution < 1.29 is 14.4 Å². The second-order valence-electron chi connectivity index (χ2n) is 5.70. The molecule has 4 N–H and O–H groups in total. The summed E-state index contributed by atoms with van der Waals surface area (Å²) in [6.45, 7) is 1.89. The van der Waals surface area contributed by atoms with Crippen molar-refractivity contribution in [3.8, 4) is 0 Å². The lowest BCUT2D eigenvalue weighted by Crippen LogP contribution is -2.49. The van der Waals surface area contributed by atoms with Gasteiger partial charge in [0.25, 0.3) is 0 Å². The maximum Gasteiger partial charge on any atom is 0.327 e. The predicted octanol–water partition coefficient (Wildman–Crippen LogP) is 0.445. The number of hydrogen-bond donors (Lipinski definition) is 4. The Balaban J connectivity index is 1.57. The summed E-state index contributed by atoms with van der Waals surface area (Å²) in [5.74, 6) is -1.97. The van der Waals surface area contributed by atoms with Crippen LogP contribution in [0, 0.1) is 6.92 Å². The van der Waals surface area contributed by atoms with E-state index in [9.17, 15) is 14.4 Å². The molecule has 1 aromatic carbocycles. The molecule has 3 amide bonds. The number of rotatable bonds is 3. The first-order valence-electron chi connectivity index (χ1n) is 7.50. The zero-order valence-corrected chi connectivity index (χ0v) is 12.7. The van der Waals surface area contributed by atoms with Crippen molar-refractivity contribution in [2.45, 2.75) is 32.2 Å². The van der Waals surface area contributed by atoms with Crippen LogP contribution < -0.4 is 16.2 Å². The Morgan fingerprint density at radius 3 is 2.61 bits per heavy atom. The van der Waals surface area contributed by atoms with Crippen LogP contribution in [0.3, 0.4) is 0 Å². The van der Waals surface area contributed by atoms with E-state index in [2.05, 4.69) is 21.2 Å². The SMILES string of the molecule is Cc1[nH]c2ccccc2c1CC(=O)NNC(=O)C(=O)NC1CC1. The van der Waals surface area contributed by atoms with Crippen LogP contribution in [0.1, 0.15) is 24.1 Å². The number of amides is 3. The summed E-state index contributed by atoms with van der Waals surface area (Å²) in [6.07, 6.45) is 1.90. The topological polar surface area (TPSA) is 103 Å². The van der Waals surface area contributed by atoms with Gasteiger partial charge in [0, 0.05) is 22.6 Å². The Bertz CT molecular complexity index is 777. The number of carbonyl (C=O) groups excluding carboxylic acids is 3. The molecule has 23 heavy (non-hydrogen) atoms. The molecule has 0 radical (unpaired) electrons. The molecule has 2 aromatic rings. The number of hydrazine groups is 1. The zero-order valence-electron chi connectivity index (χ0n) is 12.7. The van der Waals surface area contributed by atoms with Crippen LogP contribution in [0.2, 0.25) is 0 Å². The van der Waals surface area contributed by atoms with Gasteiger partial charge in [-0.15, -0.1) is 0 Å². The van der Waals surface area contributed by atoms with Crippen molar-refractivity contribution in [1.29, 1.82) is 0 Å². The monoisotopic (exact) mass is 314 g/mol. The summed E-state index contributed by atoms with van der Waals surface area (Å²) in [4.78, 5) is 38.2.